The van der Waals surface area contributed by atoms with Crippen molar-refractivity contribution in [1.29, 1.82) is 0 Å². The Morgan fingerprint density at radius 1 is 1.00 bits per heavy atom. The van der Waals surface area contributed by atoms with Gasteiger partial charge in [0, 0.05) is 0 Å². The van der Waals surface area contributed by atoms with Crippen molar-refractivity contribution in [3.63, 3.8) is 0 Å². The number of aryl methyl sites for hydroxylation is 1. The summed E-state index contributed by atoms with van der Waals surface area (Å²) in [6, 6.07) is 23.0. The molecule has 0 spiro atoms. The smallest absolute Gasteiger partial charge is 0.338 e. The van der Waals surface area contributed by atoms with E-state index in [2.05, 4.69) is 17.1 Å². The fourth-order valence-electron chi connectivity index (χ4n) is 3.96. The highest BCUT2D eigenvalue weighted by molar-refractivity contribution is 5.90. The van der Waals surface area contributed by atoms with Crippen LogP contribution in [-0.2, 0) is 20.7 Å². The lowest BCUT2D eigenvalue weighted by Gasteiger charge is -2.30. The van der Waals surface area contributed by atoms with Crippen LogP contribution < -0.4 is 9.47 Å². The Balaban J connectivity index is 1.51. The summed E-state index contributed by atoms with van der Waals surface area (Å²) >= 11 is 0. The van der Waals surface area contributed by atoms with Crippen molar-refractivity contribution < 1.29 is 28.6 Å². The van der Waals surface area contributed by atoms with E-state index < -0.39 is 5.97 Å². The van der Waals surface area contributed by atoms with Gasteiger partial charge in [0.1, 0.15) is 23.9 Å². The van der Waals surface area contributed by atoms with Gasteiger partial charge in [-0.15, -0.1) is 0 Å². The predicted octanol–water partition coefficient (Wildman–Crippen LogP) is 6.20. The molecule has 3 aromatic carbocycles. The van der Waals surface area contributed by atoms with Gasteiger partial charge in [-0.05, 0) is 86.4 Å². The van der Waals surface area contributed by atoms with Crippen LogP contribution in [0.3, 0.4) is 0 Å². The van der Waals surface area contributed by atoms with E-state index >= 15 is 0 Å². The number of aliphatic imine (C=N–C) groups is 1. The zero-order valence-electron chi connectivity index (χ0n) is 22.6. The van der Waals surface area contributed by atoms with Gasteiger partial charge in [-0.1, -0.05) is 30.3 Å². The van der Waals surface area contributed by atoms with Crippen LogP contribution >= 0.6 is 0 Å². The van der Waals surface area contributed by atoms with Gasteiger partial charge < -0.3 is 18.9 Å². The van der Waals surface area contributed by atoms with Crippen LogP contribution in [0, 0.1) is 0 Å². The molecule has 0 aromatic heterocycles. The number of nitrogens with zero attached hydrogens (tertiary/aromatic N) is 2. The van der Waals surface area contributed by atoms with Gasteiger partial charge in [-0.2, -0.15) is 4.99 Å². The molecule has 1 fully saturated rings. The lowest BCUT2D eigenvalue weighted by atomic mass is 10.1. The third-order valence-electron chi connectivity index (χ3n) is 5.88. The maximum absolute atomic E-state index is 12.2. The number of hydrogen-bond donors (Lipinski definition) is 0. The second-order valence-electron chi connectivity index (χ2n) is 8.71. The molecule has 0 aliphatic carbocycles. The number of amidine groups is 1. The summed E-state index contributed by atoms with van der Waals surface area (Å²) in [6.07, 6.45) is 3.57. The van der Waals surface area contributed by atoms with Gasteiger partial charge in [-0.3, -0.25) is 4.84 Å². The Bertz CT molecular complexity index is 1290. The van der Waals surface area contributed by atoms with Crippen molar-refractivity contribution in [3.05, 3.63) is 95.2 Å². The molecule has 8 nitrogen and oxygen atoms in total. The molecule has 3 aromatic rings. The topological polar surface area (TPSA) is 78.8 Å². The fraction of sp³-hybridized carbons (Fsp3) is 0.290. The second-order valence-corrected chi connectivity index (χ2v) is 8.71. The molecule has 4 rings (SSSR count). The van der Waals surface area contributed by atoms with E-state index in [1.54, 1.807) is 43.4 Å². The van der Waals surface area contributed by atoms with Crippen LogP contribution in [0.15, 0.2) is 83.5 Å². The Kier molecular flexibility index (Phi) is 9.97. The molecular weight excluding hydrogens is 496 g/mol. The standard InChI is InChI=1S/C31H34N2O6/c1-4-36-28-17-11-23(12-18-28)8-7-19-33-31(32-26-10-6-9-25(21-26)30(34)37-5-2)39-29(22-38-33)20-24-13-15-27(35-3)16-14-24/h6,9-18,20-21H,4-5,7-8,19,22H2,1-3H3/b29-20+,32-31-. The van der Waals surface area contributed by atoms with E-state index in [4.69, 9.17) is 23.8 Å². The van der Waals surface area contributed by atoms with E-state index in [0.29, 0.717) is 42.8 Å². The molecule has 1 aliphatic heterocycles. The zero-order chi connectivity index (χ0) is 27.5. The van der Waals surface area contributed by atoms with E-state index in [1.807, 2.05) is 49.4 Å². The summed E-state index contributed by atoms with van der Waals surface area (Å²) in [4.78, 5) is 23.0. The molecule has 0 saturated carbocycles. The Morgan fingerprint density at radius 2 is 1.77 bits per heavy atom. The highest BCUT2D eigenvalue weighted by atomic mass is 16.7. The van der Waals surface area contributed by atoms with Crippen LogP contribution in [0.25, 0.3) is 6.08 Å². The van der Waals surface area contributed by atoms with Crippen molar-refractivity contribution in [2.45, 2.75) is 26.7 Å². The number of carbonyl (C=O) groups is 1. The number of methoxy groups -OCH3 is 1. The van der Waals surface area contributed by atoms with E-state index in [0.717, 1.165) is 29.9 Å². The summed E-state index contributed by atoms with van der Waals surface area (Å²) in [7, 11) is 1.63. The molecular formula is C31H34N2O6. The van der Waals surface area contributed by atoms with E-state index in [-0.39, 0.29) is 6.61 Å². The largest absolute Gasteiger partial charge is 0.497 e. The lowest BCUT2D eigenvalue weighted by molar-refractivity contribution is -0.133. The monoisotopic (exact) mass is 530 g/mol. The van der Waals surface area contributed by atoms with Crippen LogP contribution in [-0.4, -0.2) is 50.5 Å². The number of benzene rings is 3. The Morgan fingerprint density at radius 3 is 2.49 bits per heavy atom. The number of esters is 1. The van der Waals surface area contributed by atoms with E-state index in [1.165, 1.54) is 5.56 Å². The van der Waals surface area contributed by atoms with Crippen LogP contribution in [0.1, 0.15) is 41.8 Å². The quantitative estimate of drug-likeness (QED) is 0.273. The number of rotatable bonds is 11. The first-order chi connectivity index (χ1) is 19.1. The molecule has 1 saturated heterocycles. The molecule has 0 radical (unpaired) electrons. The highest BCUT2D eigenvalue weighted by Gasteiger charge is 2.23. The van der Waals surface area contributed by atoms with Gasteiger partial charge in [0.05, 0.1) is 38.1 Å². The molecule has 1 heterocycles. The van der Waals surface area contributed by atoms with Gasteiger partial charge in [0.25, 0.3) is 0 Å². The Labute approximate surface area is 229 Å². The summed E-state index contributed by atoms with van der Waals surface area (Å²) in [6.45, 7) is 5.52. The van der Waals surface area contributed by atoms with Crippen molar-refractivity contribution >= 4 is 23.8 Å². The predicted molar refractivity (Wildman–Crippen MR) is 150 cm³/mol. The van der Waals surface area contributed by atoms with Crippen molar-refractivity contribution in [2.24, 2.45) is 4.99 Å². The molecule has 204 valence electrons. The lowest BCUT2D eigenvalue weighted by Crippen LogP contribution is -2.39. The molecule has 0 N–H and O–H groups in total. The number of carbonyl (C=O) groups excluding carboxylic acids is 1. The third kappa shape index (κ3) is 8.09. The Hall–Kier alpha value is -4.30. The third-order valence-corrected chi connectivity index (χ3v) is 5.88. The van der Waals surface area contributed by atoms with Gasteiger partial charge in [-0.25, -0.2) is 9.86 Å². The fourth-order valence-corrected chi connectivity index (χ4v) is 3.96. The first-order valence-corrected chi connectivity index (χ1v) is 13.1. The SMILES string of the molecule is CCOC(=O)c1cccc(/N=C2\O/C(=C/c3ccc(OC)cc3)CON2CCCc2ccc(OCC)cc2)c1. The maximum Gasteiger partial charge on any atom is 0.338 e. The zero-order valence-corrected chi connectivity index (χ0v) is 22.6. The van der Waals surface area contributed by atoms with Gasteiger partial charge in [0.15, 0.2) is 0 Å². The summed E-state index contributed by atoms with van der Waals surface area (Å²) < 4.78 is 22.1. The molecule has 39 heavy (non-hydrogen) atoms. The number of hydrogen-bond acceptors (Lipinski definition) is 7. The summed E-state index contributed by atoms with van der Waals surface area (Å²) in [5.74, 6) is 1.86. The van der Waals surface area contributed by atoms with Crippen molar-refractivity contribution in [1.82, 2.24) is 5.06 Å². The molecule has 0 bridgehead atoms. The average molecular weight is 531 g/mol. The molecule has 0 amide bonds. The van der Waals surface area contributed by atoms with Gasteiger partial charge >= 0.3 is 12.0 Å². The number of hydroxylamine groups is 2. The minimum atomic E-state index is -0.396. The molecule has 1 aliphatic rings. The molecule has 0 atom stereocenters. The summed E-state index contributed by atoms with van der Waals surface area (Å²) in [5, 5.41) is 1.66. The maximum atomic E-state index is 12.2. The molecule has 8 heteroatoms. The van der Waals surface area contributed by atoms with E-state index in [9.17, 15) is 4.79 Å². The first-order valence-electron chi connectivity index (χ1n) is 13.1. The first kappa shape index (κ1) is 27.7. The summed E-state index contributed by atoms with van der Waals surface area (Å²) in [5.41, 5.74) is 3.13. The van der Waals surface area contributed by atoms with Crippen molar-refractivity contribution in [2.75, 3.05) is 33.5 Å². The normalized spacial score (nSPS) is 15.2. The van der Waals surface area contributed by atoms with Crippen LogP contribution in [0.5, 0.6) is 11.5 Å². The van der Waals surface area contributed by atoms with Crippen molar-refractivity contribution in [3.8, 4) is 11.5 Å². The van der Waals surface area contributed by atoms with Crippen LogP contribution in [0.2, 0.25) is 0 Å². The average Bonchev–Trinajstić information content (AvgIpc) is 2.96. The number of ether oxygens (including phenoxy) is 4. The second kappa shape index (κ2) is 14.0. The van der Waals surface area contributed by atoms with Gasteiger partial charge in [0.2, 0.25) is 0 Å². The minimum absolute atomic E-state index is 0.261. The minimum Gasteiger partial charge on any atom is -0.497 e. The molecule has 0 unspecified atom stereocenters. The van der Waals surface area contributed by atoms with Crippen LogP contribution in [0.4, 0.5) is 5.69 Å². The highest BCUT2D eigenvalue weighted by Crippen LogP contribution is 2.23.